The maximum absolute atomic E-state index is 3.86. The van der Waals surface area contributed by atoms with E-state index in [1.807, 2.05) is 0 Å². The summed E-state index contributed by atoms with van der Waals surface area (Å²) >= 11 is 1.46. The van der Waals surface area contributed by atoms with Gasteiger partial charge in [0.1, 0.15) is 0 Å². The van der Waals surface area contributed by atoms with Crippen molar-refractivity contribution in [2.75, 3.05) is 0 Å². The van der Waals surface area contributed by atoms with E-state index in [1.54, 1.807) is 0 Å². The van der Waals surface area contributed by atoms with Crippen molar-refractivity contribution in [3.8, 4) is 0 Å². The molecule has 1 heteroatoms. The monoisotopic (exact) mass is 597 g/mol. The molecule has 0 bridgehead atoms. The first kappa shape index (κ1) is 28.6. The predicted molar refractivity (Wildman–Crippen MR) is 168 cm³/mol. The van der Waals surface area contributed by atoms with Crippen LogP contribution in [0.1, 0.15) is 69.2 Å². The van der Waals surface area contributed by atoms with Crippen LogP contribution >= 0.6 is 0 Å². The average molecular weight is 599 g/mol. The molecule has 3 aromatic carbocycles. The van der Waals surface area contributed by atoms with Gasteiger partial charge in [-0.25, -0.2) is 0 Å². The maximum atomic E-state index is 3.86. The third-order valence-corrected chi connectivity index (χ3v) is 10.1. The molecule has 0 radical (unpaired) electrons. The molecule has 200 valence electrons. The van der Waals surface area contributed by atoms with Crippen molar-refractivity contribution >= 4 is 14.9 Å². The molecule has 40 heavy (non-hydrogen) atoms. The van der Waals surface area contributed by atoms with Crippen LogP contribution < -0.4 is 10.4 Å². The molecule has 0 N–H and O–H groups in total. The molecule has 3 aliphatic rings. The molecule has 0 unspecified atom stereocenters. The van der Waals surface area contributed by atoms with Crippen LogP contribution in [0, 0.1) is 5.41 Å². The first-order valence-corrected chi connectivity index (χ1v) is 16.1. The van der Waals surface area contributed by atoms with Crippen LogP contribution in [-0.2, 0) is 37.1 Å². The Morgan fingerprint density at radius 1 is 0.850 bits per heavy atom. The topological polar surface area (TPSA) is 0 Å². The SMILES string of the molecule is CCc1cc(CC)c2c(c1)=[C-]C1=C(C3=CC=CC3)C(CC)(CC)C=CC=21.[Zr]=[C](c1ccccc1)c1ccccc1. The van der Waals surface area contributed by atoms with Crippen molar-refractivity contribution in [1.82, 2.24) is 0 Å². The van der Waals surface area contributed by atoms with Crippen molar-refractivity contribution in [1.29, 1.82) is 0 Å². The van der Waals surface area contributed by atoms with Gasteiger partial charge in [-0.15, -0.1) is 33.7 Å². The second kappa shape index (κ2) is 12.7. The van der Waals surface area contributed by atoms with Crippen molar-refractivity contribution in [2.45, 2.75) is 59.8 Å². The summed E-state index contributed by atoms with van der Waals surface area (Å²) in [4.78, 5) is 0. The van der Waals surface area contributed by atoms with E-state index in [9.17, 15) is 0 Å². The van der Waals surface area contributed by atoms with Crippen LogP contribution in [0.4, 0.5) is 0 Å². The molecule has 0 spiro atoms. The van der Waals surface area contributed by atoms with Gasteiger partial charge >= 0.3 is 99.2 Å². The minimum atomic E-state index is 0.145. The summed E-state index contributed by atoms with van der Waals surface area (Å²) in [5, 5.41) is 2.74. The summed E-state index contributed by atoms with van der Waals surface area (Å²) in [6, 6.07) is 25.9. The predicted octanol–water partition coefficient (Wildman–Crippen LogP) is 7.99. The Balaban J connectivity index is 0.000000194. The Kier molecular flexibility index (Phi) is 9.12. The van der Waals surface area contributed by atoms with E-state index in [0.717, 1.165) is 32.1 Å². The van der Waals surface area contributed by atoms with Gasteiger partial charge in [0.05, 0.1) is 0 Å². The number of aryl methyl sites for hydroxylation is 2. The molecule has 0 aliphatic heterocycles. The van der Waals surface area contributed by atoms with Crippen LogP contribution in [0.15, 0.2) is 120 Å². The van der Waals surface area contributed by atoms with Gasteiger partial charge in [0.2, 0.25) is 0 Å². The second-order valence-corrected chi connectivity index (χ2v) is 12.0. The van der Waals surface area contributed by atoms with Crippen LogP contribution in [0.5, 0.6) is 0 Å². The first-order chi connectivity index (χ1) is 19.5. The van der Waals surface area contributed by atoms with Crippen LogP contribution in [0.3, 0.4) is 0 Å². The minimum absolute atomic E-state index is 0.145. The quantitative estimate of drug-likeness (QED) is 0.242. The fourth-order valence-corrected chi connectivity index (χ4v) is 7.08. The Bertz CT molecular complexity index is 1600. The molecule has 0 heterocycles. The van der Waals surface area contributed by atoms with E-state index in [-0.39, 0.29) is 5.41 Å². The molecule has 6 rings (SSSR count). The van der Waals surface area contributed by atoms with Crippen LogP contribution in [-0.4, -0.2) is 3.21 Å². The van der Waals surface area contributed by atoms with Gasteiger partial charge < -0.3 is 0 Å². The van der Waals surface area contributed by atoms with Crippen molar-refractivity contribution in [3.63, 3.8) is 0 Å². The van der Waals surface area contributed by atoms with E-state index in [4.69, 9.17) is 0 Å². The Hall–Kier alpha value is -2.89. The summed E-state index contributed by atoms with van der Waals surface area (Å²) in [5.41, 5.74) is 11.5. The Morgan fingerprint density at radius 3 is 2.02 bits per heavy atom. The van der Waals surface area contributed by atoms with Gasteiger partial charge in [-0.05, 0) is 37.5 Å². The van der Waals surface area contributed by atoms with E-state index < -0.39 is 0 Å². The van der Waals surface area contributed by atoms with Gasteiger partial charge in [-0.3, -0.25) is 0 Å². The summed E-state index contributed by atoms with van der Waals surface area (Å²) in [6.07, 6.45) is 21.1. The zero-order chi connectivity index (χ0) is 28.1. The Labute approximate surface area is 255 Å². The molecule has 0 aromatic heterocycles. The number of benzene rings is 3. The number of fused-ring (bicyclic) bond motifs is 2. The second-order valence-electron chi connectivity index (χ2n) is 10.8. The number of allylic oxidation sites excluding steroid dienone is 8. The summed E-state index contributed by atoms with van der Waals surface area (Å²) in [5.74, 6) is 0. The number of rotatable bonds is 7. The molecule has 3 aromatic rings. The zero-order valence-corrected chi connectivity index (χ0v) is 26.8. The Morgan fingerprint density at radius 2 is 1.50 bits per heavy atom. The van der Waals surface area contributed by atoms with Crippen molar-refractivity contribution < 1.29 is 24.2 Å². The fraction of sp³-hybridized carbons (Fsp3) is 0.256. The van der Waals surface area contributed by atoms with Crippen molar-refractivity contribution in [3.05, 3.63) is 153 Å². The first-order valence-electron chi connectivity index (χ1n) is 14.8. The summed E-state index contributed by atoms with van der Waals surface area (Å²) in [6.45, 7) is 9.18. The third-order valence-electron chi connectivity index (χ3n) is 8.66. The van der Waals surface area contributed by atoms with E-state index >= 15 is 0 Å². The van der Waals surface area contributed by atoms with E-state index in [2.05, 4.69) is 137 Å². The fourth-order valence-electron chi connectivity index (χ4n) is 6.26. The average Bonchev–Trinajstić information content (AvgIpc) is 3.69. The van der Waals surface area contributed by atoms with Gasteiger partial charge in [0.25, 0.3) is 0 Å². The molecule has 0 saturated heterocycles. The molecule has 0 fully saturated rings. The summed E-state index contributed by atoms with van der Waals surface area (Å²) in [7, 11) is 0. The zero-order valence-electron chi connectivity index (χ0n) is 24.4. The molecule has 0 saturated carbocycles. The van der Waals surface area contributed by atoms with E-state index in [0.29, 0.717) is 0 Å². The normalized spacial score (nSPS) is 16.1. The van der Waals surface area contributed by atoms with Gasteiger partial charge in [0, 0.05) is 0 Å². The van der Waals surface area contributed by atoms with Crippen LogP contribution in [0.25, 0.3) is 11.6 Å². The van der Waals surface area contributed by atoms with Crippen molar-refractivity contribution in [2.24, 2.45) is 5.41 Å². The standard InChI is InChI=1S/C26H29.C13H10.Zr/c1-5-18-15-19(6-2)24-21(16-18)17-23-22(24)13-14-26(7-3,8-4)25(23)20-11-9-10-12-20;1-3-7-12(8-4-1)11-13-9-5-2-6-10-13;/h9-11,13-16H,5-8,12H2,1-4H3;1-10H;/q-1;;. The van der Waals surface area contributed by atoms with E-state index in [1.165, 1.54) is 82.4 Å². The van der Waals surface area contributed by atoms with Gasteiger partial charge in [-0.2, -0.15) is 0 Å². The molecule has 0 atom stereocenters. The molecule has 0 nitrogen and oxygen atoms in total. The molecule has 0 amide bonds. The summed E-state index contributed by atoms with van der Waals surface area (Å²) < 4.78 is 1.42. The van der Waals surface area contributed by atoms with Gasteiger partial charge in [-0.1, -0.05) is 86.4 Å². The third kappa shape index (κ3) is 5.51. The molecule has 3 aliphatic carbocycles. The van der Waals surface area contributed by atoms with Gasteiger partial charge in [0.15, 0.2) is 0 Å². The number of hydrogen-bond donors (Lipinski definition) is 0. The molecular formula is C39H39Zr-. The van der Waals surface area contributed by atoms with Crippen LogP contribution in [0.2, 0.25) is 0 Å². The number of hydrogen-bond acceptors (Lipinski definition) is 0. The molecular weight excluding hydrogens is 560 g/mol.